The molecule has 0 fully saturated rings. The lowest BCUT2D eigenvalue weighted by Crippen LogP contribution is -2.02. The topological polar surface area (TPSA) is 9.23 Å². The van der Waals surface area contributed by atoms with Crippen LogP contribution in [0.3, 0.4) is 0 Å². The third-order valence-corrected chi connectivity index (χ3v) is 5.00. The summed E-state index contributed by atoms with van der Waals surface area (Å²) in [6, 6.07) is 20.9. The van der Waals surface area contributed by atoms with Crippen molar-refractivity contribution in [2.75, 3.05) is 6.61 Å². The SMILES string of the molecule is CCO[SiH2]Cc1cccc2cc3ccccc3cc12. The molecule has 0 amide bonds. The molecule has 0 aliphatic heterocycles. The Morgan fingerprint density at radius 3 is 2.42 bits per heavy atom. The summed E-state index contributed by atoms with van der Waals surface area (Å²) in [5, 5.41) is 5.35. The van der Waals surface area contributed by atoms with Crippen molar-refractivity contribution in [2.45, 2.75) is 13.0 Å². The summed E-state index contributed by atoms with van der Waals surface area (Å²) in [5.41, 5.74) is 1.43. The van der Waals surface area contributed by atoms with Gasteiger partial charge in [0.1, 0.15) is 0 Å². The lowest BCUT2D eigenvalue weighted by Gasteiger charge is -2.08. The Bertz CT molecular complexity index is 706. The molecule has 0 unspecified atom stereocenters. The van der Waals surface area contributed by atoms with Crippen LogP contribution in [0.25, 0.3) is 21.5 Å². The van der Waals surface area contributed by atoms with Crippen molar-refractivity contribution in [3.63, 3.8) is 0 Å². The Kier molecular flexibility index (Phi) is 3.62. The normalized spacial score (nSPS) is 11.8. The van der Waals surface area contributed by atoms with Gasteiger partial charge >= 0.3 is 0 Å². The van der Waals surface area contributed by atoms with Gasteiger partial charge in [0.25, 0.3) is 0 Å². The van der Waals surface area contributed by atoms with E-state index in [9.17, 15) is 0 Å². The smallest absolute Gasteiger partial charge is 0.165 e. The van der Waals surface area contributed by atoms with Gasteiger partial charge in [-0.1, -0.05) is 42.5 Å². The highest BCUT2D eigenvalue weighted by molar-refractivity contribution is 6.27. The molecule has 3 rings (SSSR count). The van der Waals surface area contributed by atoms with Crippen molar-refractivity contribution in [1.29, 1.82) is 0 Å². The van der Waals surface area contributed by atoms with Crippen LogP contribution < -0.4 is 0 Å². The van der Waals surface area contributed by atoms with E-state index in [1.165, 1.54) is 27.1 Å². The summed E-state index contributed by atoms with van der Waals surface area (Å²) < 4.78 is 5.61. The van der Waals surface area contributed by atoms with Crippen molar-refractivity contribution in [2.24, 2.45) is 0 Å². The van der Waals surface area contributed by atoms with E-state index < -0.39 is 9.76 Å². The molecular weight excluding hydrogens is 248 g/mol. The molecule has 0 spiro atoms. The summed E-state index contributed by atoms with van der Waals surface area (Å²) in [7, 11) is -0.427. The van der Waals surface area contributed by atoms with Gasteiger partial charge in [0.2, 0.25) is 0 Å². The summed E-state index contributed by atoms with van der Waals surface area (Å²) in [4.78, 5) is 0. The third-order valence-electron chi connectivity index (χ3n) is 3.56. The van der Waals surface area contributed by atoms with Crippen LogP contribution in [0.4, 0.5) is 0 Å². The maximum atomic E-state index is 5.61. The second-order valence-corrected chi connectivity index (χ2v) is 6.10. The Morgan fingerprint density at radius 2 is 1.63 bits per heavy atom. The van der Waals surface area contributed by atoms with E-state index in [-0.39, 0.29) is 0 Å². The molecule has 3 aromatic rings. The highest BCUT2D eigenvalue weighted by Crippen LogP contribution is 2.25. The van der Waals surface area contributed by atoms with Gasteiger partial charge in [0, 0.05) is 6.61 Å². The molecule has 0 atom stereocenters. The third kappa shape index (κ3) is 2.55. The number of benzene rings is 3. The zero-order valence-electron chi connectivity index (χ0n) is 11.2. The summed E-state index contributed by atoms with van der Waals surface area (Å²) in [6.45, 7) is 2.92. The fourth-order valence-corrected chi connectivity index (χ4v) is 3.66. The molecule has 19 heavy (non-hydrogen) atoms. The highest BCUT2D eigenvalue weighted by Gasteiger charge is 2.03. The molecule has 3 aromatic carbocycles. The average Bonchev–Trinajstić information content (AvgIpc) is 2.46. The Balaban J connectivity index is 2.09. The van der Waals surface area contributed by atoms with Gasteiger partial charge in [-0.05, 0) is 52.2 Å². The largest absolute Gasteiger partial charge is 0.424 e. The van der Waals surface area contributed by atoms with E-state index in [1.807, 2.05) is 0 Å². The van der Waals surface area contributed by atoms with Crippen molar-refractivity contribution < 1.29 is 4.43 Å². The monoisotopic (exact) mass is 266 g/mol. The first-order valence-electron chi connectivity index (χ1n) is 6.86. The standard InChI is InChI=1S/C17H18OSi/c1-2-18-19-12-16-9-5-8-15-10-13-6-3-4-7-14(13)11-17(15)16/h3-11H,2,12,19H2,1H3. The molecule has 1 nitrogen and oxygen atoms in total. The number of hydrogen-bond acceptors (Lipinski definition) is 1. The second kappa shape index (κ2) is 5.55. The molecule has 0 aliphatic carbocycles. The lowest BCUT2D eigenvalue weighted by molar-refractivity contribution is 0.360. The van der Waals surface area contributed by atoms with Gasteiger partial charge in [-0.25, -0.2) is 0 Å². The highest BCUT2D eigenvalue weighted by atomic mass is 28.2. The van der Waals surface area contributed by atoms with E-state index in [4.69, 9.17) is 4.43 Å². The first kappa shape index (κ1) is 12.4. The van der Waals surface area contributed by atoms with E-state index in [1.54, 1.807) is 0 Å². The molecule has 0 bridgehead atoms. The van der Waals surface area contributed by atoms with Crippen LogP contribution in [0.2, 0.25) is 0 Å². The van der Waals surface area contributed by atoms with Gasteiger partial charge in [0.05, 0.1) is 0 Å². The van der Waals surface area contributed by atoms with Gasteiger partial charge in [-0.3, -0.25) is 0 Å². The van der Waals surface area contributed by atoms with E-state index in [0.29, 0.717) is 0 Å². The summed E-state index contributed by atoms with van der Waals surface area (Å²) in [6.07, 6.45) is 0. The zero-order valence-corrected chi connectivity index (χ0v) is 12.6. The molecule has 96 valence electrons. The Morgan fingerprint density at radius 1 is 0.895 bits per heavy atom. The predicted molar refractivity (Wildman–Crippen MR) is 85.3 cm³/mol. The van der Waals surface area contributed by atoms with E-state index in [0.717, 1.165) is 12.7 Å². The molecule has 0 radical (unpaired) electrons. The Labute approximate surface area is 116 Å². The maximum Gasteiger partial charge on any atom is 0.165 e. The molecule has 0 N–H and O–H groups in total. The average molecular weight is 266 g/mol. The maximum absolute atomic E-state index is 5.61. The minimum Gasteiger partial charge on any atom is -0.424 e. The lowest BCUT2D eigenvalue weighted by atomic mass is 10.0. The summed E-state index contributed by atoms with van der Waals surface area (Å²) in [5.74, 6) is 0. The van der Waals surface area contributed by atoms with Crippen LogP contribution in [0.5, 0.6) is 0 Å². The number of hydrogen-bond donors (Lipinski definition) is 0. The molecule has 0 saturated heterocycles. The van der Waals surface area contributed by atoms with Crippen molar-refractivity contribution in [3.8, 4) is 0 Å². The van der Waals surface area contributed by atoms with Crippen LogP contribution in [-0.2, 0) is 10.5 Å². The molecule has 0 aromatic heterocycles. The van der Waals surface area contributed by atoms with Crippen LogP contribution >= 0.6 is 0 Å². The van der Waals surface area contributed by atoms with Gasteiger partial charge in [0.15, 0.2) is 9.76 Å². The van der Waals surface area contributed by atoms with Gasteiger partial charge in [-0.15, -0.1) is 0 Å². The quantitative estimate of drug-likeness (QED) is 0.398. The van der Waals surface area contributed by atoms with Crippen LogP contribution in [0.15, 0.2) is 54.6 Å². The van der Waals surface area contributed by atoms with Crippen LogP contribution in [-0.4, -0.2) is 16.4 Å². The molecule has 0 heterocycles. The van der Waals surface area contributed by atoms with Crippen molar-refractivity contribution in [3.05, 3.63) is 60.2 Å². The summed E-state index contributed by atoms with van der Waals surface area (Å²) >= 11 is 0. The fourth-order valence-electron chi connectivity index (χ4n) is 2.58. The minimum atomic E-state index is -0.427. The second-order valence-electron chi connectivity index (χ2n) is 4.78. The van der Waals surface area contributed by atoms with E-state index >= 15 is 0 Å². The van der Waals surface area contributed by atoms with Gasteiger partial charge < -0.3 is 4.43 Å². The molecular formula is C17H18OSi. The first-order valence-corrected chi connectivity index (χ1v) is 8.44. The number of fused-ring (bicyclic) bond motifs is 2. The molecule has 0 aliphatic rings. The predicted octanol–water partition coefficient (Wildman–Crippen LogP) is 3.61. The fraction of sp³-hybridized carbons (Fsp3) is 0.176. The van der Waals surface area contributed by atoms with Crippen molar-refractivity contribution >= 4 is 31.3 Å². The Hall–Kier alpha value is -1.64. The first-order chi connectivity index (χ1) is 9.38. The van der Waals surface area contributed by atoms with Crippen LogP contribution in [0.1, 0.15) is 12.5 Å². The molecule has 2 heteroatoms. The minimum absolute atomic E-state index is 0.427. The molecule has 0 saturated carbocycles. The van der Waals surface area contributed by atoms with Crippen LogP contribution in [0, 0.1) is 0 Å². The zero-order chi connectivity index (χ0) is 13.1. The van der Waals surface area contributed by atoms with E-state index in [2.05, 4.69) is 61.5 Å². The number of rotatable bonds is 4. The van der Waals surface area contributed by atoms with Crippen molar-refractivity contribution in [1.82, 2.24) is 0 Å². The van der Waals surface area contributed by atoms with Gasteiger partial charge in [-0.2, -0.15) is 0 Å².